The third kappa shape index (κ3) is 7.74. The molecule has 1 aromatic carbocycles. The van der Waals surface area contributed by atoms with E-state index in [4.69, 9.17) is 5.11 Å². The van der Waals surface area contributed by atoms with E-state index in [0.29, 0.717) is 19.3 Å². The Kier molecular flexibility index (Phi) is 9.80. The number of carboxylic acid groups (broad SMARTS) is 1. The first-order valence-electron chi connectivity index (χ1n) is 12.0. The molecule has 1 saturated heterocycles. The first-order valence-corrected chi connectivity index (χ1v) is 12.9. The molecule has 1 fully saturated rings. The van der Waals surface area contributed by atoms with Crippen molar-refractivity contribution in [3.63, 3.8) is 0 Å². The van der Waals surface area contributed by atoms with Gasteiger partial charge in [-0.3, -0.25) is 4.79 Å². The minimum atomic E-state index is -3.44. The van der Waals surface area contributed by atoms with E-state index in [1.807, 2.05) is 25.1 Å². The predicted molar refractivity (Wildman–Crippen MR) is 136 cm³/mol. The van der Waals surface area contributed by atoms with Crippen molar-refractivity contribution in [1.82, 2.24) is 4.90 Å². The molecule has 1 aromatic heterocycles. The number of alkyl halides is 2. The molecular formula is C28H31F2NO4S. The molecule has 0 unspecified atom stereocenters. The van der Waals surface area contributed by atoms with Gasteiger partial charge in [0.05, 0.1) is 12.1 Å². The Morgan fingerprint density at radius 1 is 1.22 bits per heavy atom. The van der Waals surface area contributed by atoms with Crippen LogP contribution >= 0.6 is 11.3 Å². The number of aromatic carboxylic acids is 1. The molecule has 0 radical (unpaired) electrons. The molecule has 36 heavy (non-hydrogen) atoms. The average Bonchev–Trinajstić information content (AvgIpc) is 3.41. The van der Waals surface area contributed by atoms with Crippen molar-refractivity contribution < 1.29 is 28.6 Å². The van der Waals surface area contributed by atoms with Crippen LogP contribution in [0.25, 0.3) is 0 Å². The Balaban J connectivity index is 1.49. The number of hydrogen-bond donors (Lipinski definition) is 2. The lowest BCUT2D eigenvalue weighted by molar-refractivity contribution is -0.148. The fourth-order valence-corrected chi connectivity index (χ4v) is 4.92. The molecule has 3 atom stereocenters. The van der Waals surface area contributed by atoms with Crippen LogP contribution in [0.15, 0.2) is 54.6 Å². The molecule has 0 bridgehead atoms. The van der Waals surface area contributed by atoms with Crippen LogP contribution in [0.2, 0.25) is 0 Å². The first-order chi connectivity index (χ1) is 17.2. The van der Waals surface area contributed by atoms with Crippen LogP contribution in [-0.4, -0.2) is 51.6 Å². The summed E-state index contributed by atoms with van der Waals surface area (Å²) in [5.74, 6) is 0.370. The van der Waals surface area contributed by atoms with Crippen LogP contribution in [0, 0.1) is 17.8 Å². The Hall–Kier alpha value is -3.02. The molecule has 2 aromatic rings. The summed E-state index contributed by atoms with van der Waals surface area (Å²) in [5.41, 5.74) is 1.22. The summed E-state index contributed by atoms with van der Waals surface area (Å²) in [4.78, 5) is 25.5. The molecule has 8 heteroatoms. The minimum absolute atomic E-state index is 0.127. The third-order valence-electron chi connectivity index (χ3n) is 6.18. The fourth-order valence-electron chi connectivity index (χ4n) is 4.04. The summed E-state index contributed by atoms with van der Waals surface area (Å²) >= 11 is 1.14. The van der Waals surface area contributed by atoms with Crippen molar-refractivity contribution in [2.45, 2.75) is 63.5 Å². The lowest BCUT2D eigenvalue weighted by Crippen LogP contribution is -2.36. The van der Waals surface area contributed by atoms with Crippen LogP contribution in [0.3, 0.4) is 0 Å². The van der Waals surface area contributed by atoms with Gasteiger partial charge in [0, 0.05) is 30.7 Å². The molecule has 1 aliphatic rings. The third-order valence-corrected chi connectivity index (χ3v) is 7.31. The smallest absolute Gasteiger partial charge is 0.345 e. The number of aryl methyl sites for hydroxylation is 2. The molecule has 2 heterocycles. The van der Waals surface area contributed by atoms with Crippen molar-refractivity contribution in [3.05, 3.63) is 69.9 Å². The number of carbonyl (C=O) groups excluding carboxylic acids is 1. The van der Waals surface area contributed by atoms with Gasteiger partial charge in [0.15, 0.2) is 0 Å². The quantitative estimate of drug-likeness (QED) is 0.319. The number of carboxylic acids is 1. The van der Waals surface area contributed by atoms with Gasteiger partial charge in [-0.2, -0.15) is 8.78 Å². The Morgan fingerprint density at radius 3 is 2.67 bits per heavy atom. The Morgan fingerprint density at radius 2 is 1.97 bits per heavy atom. The normalized spacial score (nSPS) is 18.7. The van der Waals surface area contributed by atoms with Crippen molar-refractivity contribution in [1.29, 1.82) is 0 Å². The highest BCUT2D eigenvalue weighted by Crippen LogP contribution is 2.34. The number of nitrogens with zero attached hydrogens (tertiary/aromatic N) is 1. The minimum Gasteiger partial charge on any atom is -0.477 e. The zero-order chi connectivity index (χ0) is 26.1. The van der Waals surface area contributed by atoms with Crippen molar-refractivity contribution >= 4 is 23.2 Å². The summed E-state index contributed by atoms with van der Waals surface area (Å²) in [6, 6.07) is 12.5. The van der Waals surface area contributed by atoms with Gasteiger partial charge in [0.1, 0.15) is 4.88 Å². The molecule has 192 valence electrons. The maximum atomic E-state index is 14.2. The second-order valence-electron chi connectivity index (χ2n) is 9.05. The molecule has 3 rings (SSSR count). The van der Waals surface area contributed by atoms with E-state index in [2.05, 4.69) is 24.0 Å². The molecule has 0 aliphatic carbocycles. The number of benzene rings is 1. The highest BCUT2D eigenvalue weighted by molar-refractivity contribution is 7.13. The fraction of sp³-hybridized carbons (Fsp3) is 0.429. The second-order valence-corrected chi connectivity index (χ2v) is 10.2. The van der Waals surface area contributed by atoms with E-state index < -0.39 is 36.4 Å². The molecule has 5 nitrogen and oxygen atoms in total. The number of halogens is 2. The van der Waals surface area contributed by atoms with E-state index >= 15 is 0 Å². The molecule has 2 N–H and O–H groups in total. The van der Waals surface area contributed by atoms with Crippen LogP contribution in [-0.2, 0) is 17.6 Å². The van der Waals surface area contributed by atoms with Gasteiger partial charge in [-0.1, -0.05) is 49.4 Å². The van der Waals surface area contributed by atoms with E-state index in [0.717, 1.165) is 34.0 Å². The van der Waals surface area contributed by atoms with Gasteiger partial charge < -0.3 is 15.1 Å². The number of hydrogen-bond acceptors (Lipinski definition) is 4. The number of likely N-dealkylation sites (tertiary alicyclic amines) is 1. The maximum Gasteiger partial charge on any atom is 0.345 e. The largest absolute Gasteiger partial charge is 0.477 e. The standard InChI is InChI=1S/C28H31F2NO4S/c1-20(9-4-2-5-10-21-11-6-3-7-12-21)24(32)16-14-22-19-28(29,30)27(35)31(22)18-8-13-23-15-17-25(36-23)26(33)34/h3,6-7,11-12,14-17,20,22,24,32H,5,8-10,13,18-19H2,1H3,(H,33,34)/t20-,22-,24-/m0/s1. The van der Waals surface area contributed by atoms with Crippen LogP contribution in [0.4, 0.5) is 8.78 Å². The van der Waals surface area contributed by atoms with Gasteiger partial charge in [0.25, 0.3) is 5.91 Å². The summed E-state index contributed by atoms with van der Waals surface area (Å²) in [7, 11) is 0. The van der Waals surface area contributed by atoms with E-state index in [-0.39, 0.29) is 17.3 Å². The Bertz CT molecular complexity index is 1120. The number of aliphatic hydroxyl groups is 1. The van der Waals surface area contributed by atoms with Crippen LogP contribution in [0.5, 0.6) is 0 Å². The van der Waals surface area contributed by atoms with Gasteiger partial charge >= 0.3 is 11.9 Å². The number of aliphatic hydroxyl groups excluding tert-OH is 1. The Labute approximate surface area is 214 Å². The topological polar surface area (TPSA) is 77.8 Å². The number of amides is 1. The molecule has 0 spiro atoms. The zero-order valence-electron chi connectivity index (χ0n) is 20.2. The summed E-state index contributed by atoms with van der Waals surface area (Å²) in [6.45, 7) is 1.97. The van der Waals surface area contributed by atoms with Crippen molar-refractivity contribution in [3.8, 4) is 11.8 Å². The second kappa shape index (κ2) is 12.8. The van der Waals surface area contributed by atoms with Crippen molar-refractivity contribution in [2.75, 3.05) is 6.54 Å². The van der Waals surface area contributed by atoms with E-state index in [1.165, 1.54) is 23.8 Å². The lowest BCUT2D eigenvalue weighted by atomic mass is 9.99. The van der Waals surface area contributed by atoms with E-state index in [9.17, 15) is 23.5 Å². The SMILES string of the molecule is C[C@@H](CC#CCCc1ccccc1)[C@@H](O)C=C[C@H]1CC(F)(F)C(=O)N1CCCc1ccc(C(=O)O)s1. The maximum absolute atomic E-state index is 14.2. The lowest BCUT2D eigenvalue weighted by Gasteiger charge is -2.22. The highest BCUT2D eigenvalue weighted by atomic mass is 32.1. The predicted octanol–water partition coefficient (Wildman–Crippen LogP) is 5.19. The highest BCUT2D eigenvalue weighted by Gasteiger charge is 2.52. The van der Waals surface area contributed by atoms with Crippen LogP contribution < -0.4 is 0 Å². The van der Waals surface area contributed by atoms with E-state index in [1.54, 1.807) is 6.07 Å². The van der Waals surface area contributed by atoms with Gasteiger partial charge in [0.2, 0.25) is 0 Å². The number of carbonyl (C=O) groups is 2. The molecule has 0 saturated carbocycles. The van der Waals surface area contributed by atoms with Gasteiger partial charge in [-0.15, -0.1) is 23.2 Å². The molecular weight excluding hydrogens is 484 g/mol. The van der Waals surface area contributed by atoms with Gasteiger partial charge in [-0.05, 0) is 42.9 Å². The zero-order valence-corrected chi connectivity index (χ0v) is 21.0. The van der Waals surface area contributed by atoms with Crippen molar-refractivity contribution in [2.24, 2.45) is 5.92 Å². The van der Waals surface area contributed by atoms with Crippen LogP contribution in [0.1, 0.15) is 52.7 Å². The molecule has 1 amide bonds. The summed E-state index contributed by atoms with van der Waals surface area (Å²) < 4.78 is 28.3. The average molecular weight is 516 g/mol. The summed E-state index contributed by atoms with van der Waals surface area (Å²) in [6.07, 6.45) is 4.48. The number of rotatable bonds is 11. The first kappa shape index (κ1) is 27.6. The monoisotopic (exact) mass is 515 g/mol. The number of thiophene rings is 1. The molecule has 1 aliphatic heterocycles. The van der Waals surface area contributed by atoms with Gasteiger partial charge in [-0.25, -0.2) is 4.79 Å². The summed E-state index contributed by atoms with van der Waals surface area (Å²) in [5, 5.41) is 19.5.